The van der Waals surface area contributed by atoms with Gasteiger partial charge in [0.2, 0.25) is 0 Å². The molecule has 0 fully saturated rings. The Labute approximate surface area is 116 Å². The number of aryl methyl sites for hydroxylation is 1. The van der Waals surface area contributed by atoms with E-state index in [2.05, 4.69) is 50.5 Å². The van der Waals surface area contributed by atoms with Crippen LogP contribution < -0.4 is 10.1 Å². The van der Waals surface area contributed by atoms with Gasteiger partial charge in [0.15, 0.2) is 0 Å². The Balaban J connectivity index is 2.63. The lowest BCUT2D eigenvalue weighted by molar-refractivity contribution is 0.398. The Morgan fingerprint density at radius 1 is 1.33 bits per heavy atom. The molecule has 0 bridgehead atoms. The third-order valence-corrected chi connectivity index (χ3v) is 3.98. The summed E-state index contributed by atoms with van der Waals surface area (Å²) in [5.74, 6) is 2.87. The van der Waals surface area contributed by atoms with Crippen LogP contribution in [0.15, 0.2) is 18.2 Å². The summed E-state index contributed by atoms with van der Waals surface area (Å²) in [5, 5.41) is 3.58. The van der Waals surface area contributed by atoms with Gasteiger partial charge >= 0.3 is 0 Å². The summed E-state index contributed by atoms with van der Waals surface area (Å²) in [6.45, 7) is 7.60. The van der Waals surface area contributed by atoms with Crippen LogP contribution >= 0.6 is 11.8 Å². The molecule has 0 saturated heterocycles. The predicted octanol–water partition coefficient (Wildman–Crippen LogP) is 3.65. The minimum absolute atomic E-state index is 0.324. The van der Waals surface area contributed by atoms with E-state index in [1.165, 1.54) is 16.9 Å². The summed E-state index contributed by atoms with van der Waals surface area (Å²) in [5.41, 5.74) is 2.47. The summed E-state index contributed by atoms with van der Waals surface area (Å²) in [4.78, 5) is 0. The molecule has 1 N–H and O–H groups in total. The van der Waals surface area contributed by atoms with E-state index < -0.39 is 0 Å². The first-order valence-corrected chi connectivity index (χ1v) is 7.84. The first-order chi connectivity index (χ1) is 8.58. The normalized spacial score (nSPS) is 14.3. The maximum atomic E-state index is 5.46. The van der Waals surface area contributed by atoms with Gasteiger partial charge in [-0.05, 0) is 49.9 Å². The lowest BCUT2D eigenvalue weighted by atomic mass is 10.0. The van der Waals surface area contributed by atoms with Gasteiger partial charge < -0.3 is 10.1 Å². The predicted molar refractivity (Wildman–Crippen MR) is 81.7 cm³/mol. The van der Waals surface area contributed by atoms with Crippen molar-refractivity contribution in [2.24, 2.45) is 5.92 Å². The number of rotatable bonds is 7. The van der Waals surface area contributed by atoms with Crippen molar-refractivity contribution in [1.29, 1.82) is 0 Å². The van der Waals surface area contributed by atoms with Crippen LogP contribution in [0.1, 0.15) is 31.0 Å². The van der Waals surface area contributed by atoms with Crippen molar-refractivity contribution < 1.29 is 4.74 Å². The number of hydrogen-bond donors (Lipinski definition) is 1. The van der Waals surface area contributed by atoms with Gasteiger partial charge in [0, 0.05) is 11.6 Å². The first kappa shape index (κ1) is 15.4. The van der Waals surface area contributed by atoms with E-state index in [-0.39, 0.29) is 0 Å². The largest absolute Gasteiger partial charge is 0.496 e. The van der Waals surface area contributed by atoms with Crippen molar-refractivity contribution in [2.75, 3.05) is 25.7 Å². The van der Waals surface area contributed by atoms with E-state index in [4.69, 9.17) is 4.74 Å². The fraction of sp³-hybridized carbons (Fsp3) is 0.600. The zero-order valence-electron chi connectivity index (χ0n) is 12.1. The third-order valence-electron chi connectivity index (χ3n) is 3.08. The molecule has 102 valence electrons. The van der Waals surface area contributed by atoms with Crippen molar-refractivity contribution in [3.05, 3.63) is 29.3 Å². The van der Waals surface area contributed by atoms with Crippen molar-refractivity contribution in [3.8, 4) is 5.75 Å². The molecule has 3 heteroatoms. The molecule has 0 heterocycles. The Hall–Kier alpha value is -0.670. The smallest absolute Gasteiger partial charge is 0.123 e. The highest BCUT2D eigenvalue weighted by Crippen LogP contribution is 2.26. The lowest BCUT2D eigenvalue weighted by Gasteiger charge is -2.20. The number of ether oxygens (including phenoxy) is 1. The van der Waals surface area contributed by atoms with E-state index >= 15 is 0 Å². The van der Waals surface area contributed by atoms with Crippen molar-refractivity contribution in [3.63, 3.8) is 0 Å². The van der Waals surface area contributed by atoms with Crippen LogP contribution in [-0.2, 0) is 0 Å². The van der Waals surface area contributed by atoms with Gasteiger partial charge in [-0.3, -0.25) is 0 Å². The molecule has 0 aliphatic carbocycles. The maximum absolute atomic E-state index is 5.46. The highest BCUT2D eigenvalue weighted by molar-refractivity contribution is 7.98. The summed E-state index contributed by atoms with van der Waals surface area (Å²) >= 11 is 1.90. The molecule has 0 saturated carbocycles. The van der Waals surface area contributed by atoms with E-state index in [1.807, 2.05) is 11.8 Å². The van der Waals surface area contributed by atoms with Crippen LogP contribution in [-0.4, -0.2) is 25.7 Å². The SMILES string of the molecule is COc1cc(C)ccc1C(C)NCC(C)CSC. The molecular weight excluding hydrogens is 242 g/mol. The zero-order chi connectivity index (χ0) is 13.5. The Morgan fingerprint density at radius 2 is 2.06 bits per heavy atom. The Kier molecular flexibility index (Phi) is 6.58. The fourth-order valence-electron chi connectivity index (χ4n) is 2.01. The van der Waals surface area contributed by atoms with Gasteiger partial charge in [-0.25, -0.2) is 0 Å². The third kappa shape index (κ3) is 4.54. The van der Waals surface area contributed by atoms with Gasteiger partial charge in [-0.2, -0.15) is 11.8 Å². The standard InChI is InChI=1S/C15H25NOS/c1-11-6-7-14(15(8-11)17-4)13(3)16-9-12(2)10-18-5/h6-8,12-13,16H,9-10H2,1-5H3. The number of nitrogens with one attached hydrogen (secondary N) is 1. The molecule has 1 aromatic rings. The topological polar surface area (TPSA) is 21.3 Å². The molecule has 0 amide bonds. The Morgan fingerprint density at radius 3 is 2.67 bits per heavy atom. The fourth-order valence-corrected chi connectivity index (χ4v) is 2.69. The molecule has 1 aromatic carbocycles. The van der Waals surface area contributed by atoms with Crippen LogP contribution in [0.5, 0.6) is 5.75 Å². The summed E-state index contributed by atoms with van der Waals surface area (Å²) in [7, 11) is 1.74. The maximum Gasteiger partial charge on any atom is 0.123 e. The van der Waals surface area contributed by atoms with Gasteiger partial charge in [0.1, 0.15) is 5.75 Å². The monoisotopic (exact) mass is 267 g/mol. The number of benzene rings is 1. The highest BCUT2D eigenvalue weighted by Gasteiger charge is 2.12. The minimum atomic E-state index is 0.324. The lowest BCUT2D eigenvalue weighted by Crippen LogP contribution is -2.25. The average molecular weight is 267 g/mol. The molecule has 0 aromatic heterocycles. The molecule has 2 atom stereocenters. The molecule has 0 aliphatic rings. The number of hydrogen-bond acceptors (Lipinski definition) is 3. The van der Waals surface area contributed by atoms with Crippen molar-refractivity contribution >= 4 is 11.8 Å². The number of methoxy groups -OCH3 is 1. The molecule has 0 spiro atoms. The van der Waals surface area contributed by atoms with Crippen LogP contribution in [0.3, 0.4) is 0 Å². The summed E-state index contributed by atoms with van der Waals surface area (Å²) in [6, 6.07) is 6.72. The molecular formula is C15H25NOS. The molecule has 2 unspecified atom stereocenters. The second-order valence-electron chi connectivity index (χ2n) is 4.94. The highest BCUT2D eigenvalue weighted by atomic mass is 32.2. The van der Waals surface area contributed by atoms with E-state index in [1.54, 1.807) is 7.11 Å². The molecule has 2 nitrogen and oxygen atoms in total. The van der Waals surface area contributed by atoms with Crippen molar-refractivity contribution in [2.45, 2.75) is 26.8 Å². The van der Waals surface area contributed by atoms with E-state index in [0.29, 0.717) is 12.0 Å². The van der Waals surface area contributed by atoms with Gasteiger partial charge in [-0.15, -0.1) is 0 Å². The van der Waals surface area contributed by atoms with Crippen LogP contribution in [0.4, 0.5) is 0 Å². The first-order valence-electron chi connectivity index (χ1n) is 6.45. The van der Waals surface area contributed by atoms with E-state index in [9.17, 15) is 0 Å². The van der Waals surface area contributed by atoms with Gasteiger partial charge in [0.05, 0.1) is 7.11 Å². The summed E-state index contributed by atoms with van der Waals surface area (Å²) in [6.07, 6.45) is 2.16. The molecule has 1 rings (SSSR count). The van der Waals surface area contributed by atoms with Crippen LogP contribution in [0.2, 0.25) is 0 Å². The molecule has 0 radical (unpaired) electrons. The van der Waals surface area contributed by atoms with E-state index in [0.717, 1.165) is 12.3 Å². The minimum Gasteiger partial charge on any atom is -0.496 e. The van der Waals surface area contributed by atoms with Gasteiger partial charge in [0.25, 0.3) is 0 Å². The second kappa shape index (κ2) is 7.70. The van der Waals surface area contributed by atoms with Crippen LogP contribution in [0.25, 0.3) is 0 Å². The summed E-state index contributed by atoms with van der Waals surface area (Å²) < 4.78 is 5.46. The average Bonchev–Trinajstić information content (AvgIpc) is 2.36. The zero-order valence-corrected chi connectivity index (χ0v) is 12.9. The molecule has 0 aliphatic heterocycles. The quantitative estimate of drug-likeness (QED) is 0.815. The van der Waals surface area contributed by atoms with Crippen molar-refractivity contribution in [1.82, 2.24) is 5.32 Å². The second-order valence-corrected chi connectivity index (χ2v) is 5.85. The number of thioether (sulfide) groups is 1. The van der Waals surface area contributed by atoms with Crippen LogP contribution in [0, 0.1) is 12.8 Å². The van der Waals surface area contributed by atoms with Gasteiger partial charge in [-0.1, -0.05) is 19.1 Å². The Bertz CT molecular complexity index is 368. The molecule has 18 heavy (non-hydrogen) atoms.